The Morgan fingerprint density at radius 3 is 1.32 bits per heavy atom. The number of fused-ring (bicyclic) bond motifs is 1. The predicted molar refractivity (Wildman–Crippen MR) is 146 cm³/mol. The lowest BCUT2D eigenvalue weighted by Gasteiger charge is -2.09. The number of hydrogen-bond donors (Lipinski definition) is 1. The number of halogens is 1. The summed E-state index contributed by atoms with van der Waals surface area (Å²) in [5.74, 6) is 0.768. The van der Waals surface area contributed by atoms with Gasteiger partial charge in [-0.1, -0.05) is 84.9 Å². The average Bonchev–Trinajstić information content (AvgIpc) is 2.84. The van der Waals surface area contributed by atoms with Crippen LogP contribution in [0, 0.1) is 3.57 Å². The summed E-state index contributed by atoms with van der Waals surface area (Å²) in [6, 6.07) is 39.6. The maximum Gasteiger partial charge on any atom is 0.0154 e. The molecule has 0 N–H and O–H groups in total. The Morgan fingerprint density at radius 2 is 0.839 bits per heavy atom. The van der Waals surface area contributed by atoms with Crippen LogP contribution in [0.5, 0.6) is 0 Å². The summed E-state index contributed by atoms with van der Waals surface area (Å²) >= 11 is 6.70. The van der Waals surface area contributed by atoms with E-state index in [1.54, 1.807) is 0 Å². The Bertz CT molecular complexity index is 1340. The maximum absolute atomic E-state index is 4.36. The van der Waals surface area contributed by atoms with Gasteiger partial charge < -0.3 is 0 Å². The van der Waals surface area contributed by atoms with Crippen molar-refractivity contribution in [2.75, 3.05) is 0 Å². The molecule has 0 spiro atoms. The van der Waals surface area contributed by atoms with Crippen LogP contribution in [0.2, 0.25) is 0 Å². The van der Waals surface area contributed by atoms with Gasteiger partial charge in [0.25, 0.3) is 0 Å². The van der Waals surface area contributed by atoms with Crippen LogP contribution in [-0.4, -0.2) is 0 Å². The molecule has 5 aromatic carbocycles. The van der Waals surface area contributed by atoms with E-state index in [4.69, 9.17) is 0 Å². The fourth-order valence-corrected chi connectivity index (χ4v) is 4.48. The van der Waals surface area contributed by atoms with E-state index >= 15 is 0 Å². The summed E-state index contributed by atoms with van der Waals surface area (Å²) in [6.45, 7) is 0. The van der Waals surface area contributed by atoms with Crippen molar-refractivity contribution in [3.8, 4) is 33.4 Å². The fourth-order valence-electron chi connectivity index (χ4n) is 3.91. The highest BCUT2D eigenvalue weighted by Crippen LogP contribution is 2.30. The molecule has 5 aromatic rings. The van der Waals surface area contributed by atoms with Crippen LogP contribution in [0.1, 0.15) is 5.56 Å². The molecule has 0 bridgehead atoms. The molecule has 31 heavy (non-hydrogen) atoms. The first-order valence-corrected chi connectivity index (χ1v) is 12.0. The van der Waals surface area contributed by atoms with Gasteiger partial charge in [0.15, 0.2) is 0 Å². The average molecular weight is 528 g/mol. The molecule has 0 radical (unpaired) electrons. The highest BCUT2D eigenvalue weighted by Gasteiger charge is 2.04. The van der Waals surface area contributed by atoms with E-state index in [2.05, 4.69) is 144 Å². The van der Waals surface area contributed by atoms with Crippen molar-refractivity contribution in [1.29, 1.82) is 0 Å². The van der Waals surface area contributed by atoms with Crippen LogP contribution in [0.3, 0.4) is 0 Å². The van der Waals surface area contributed by atoms with E-state index in [1.165, 1.54) is 53.3 Å². The third-order valence-corrected chi connectivity index (χ3v) is 6.79. The van der Waals surface area contributed by atoms with Gasteiger partial charge in [-0.25, -0.2) is 0 Å². The second-order valence-electron chi connectivity index (χ2n) is 7.72. The lowest BCUT2D eigenvalue weighted by Crippen LogP contribution is -1.84. The highest BCUT2D eigenvalue weighted by molar-refractivity contribution is 14.1. The van der Waals surface area contributed by atoms with Crippen LogP contribution >= 0.6 is 35.2 Å². The zero-order valence-electron chi connectivity index (χ0n) is 16.9. The largest absolute Gasteiger partial charge is 0.175 e. The molecule has 0 nitrogen and oxygen atoms in total. The van der Waals surface area contributed by atoms with E-state index in [0.29, 0.717) is 0 Å². The first kappa shape index (κ1) is 20.3. The van der Waals surface area contributed by atoms with Gasteiger partial charge in [-0.15, -0.1) is 0 Å². The van der Waals surface area contributed by atoms with Crippen molar-refractivity contribution in [2.45, 2.75) is 5.75 Å². The number of thiol groups is 1. The predicted octanol–water partition coefficient (Wildman–Crippen LogP) is 8.88. The summed E-state index contributed by atoms with van der Waals surface area (Å²) in [5, 5.41) is 2.52. The van der Waals surface area contributed by atoms with Gasteiger partial charge in [-0.2, -0.15) is 12.6 Å². The zero-order valence-corrected chi connectivity index (χ0v) is 20.0. The van der Waals surface area contributed by atoms with Gasteiger partial charge in [-0.3, -0.25) is 0 Å². The molecule has 0 aliphatic rings. The molecular formula is C29H21IS. The molecule has 2 heteroatoms. The maximum atomic E-state index is 4.36. The fraction of sp³-hybridized carbons (Fsp3) is 0.0345. The molecule has 5 rings (SSSR count). The van der Waals surface area contributed by atoms with Crippen LogP contribution in [0.4, 0.5) is 0 Å². The molecule has 0 fully saturated rings. The minimum atomic E-state index is 0.768. The summed E-state index contributed by atoms with van der Waals surface area (Å²) < 4.78 is 1.26. The minimum absolute atomic E-state index is 0.768. The van der Waals surface area contributed by atoms with Crippen LogP contribution in [0.25, 0.3) is 44.2 Å². The molecule has 0 aromatic heterocycles. The van der Waals surface area contributed by atoms with Crippen molar-refractivity contribution >= 4 is 46.0 Å². The van der Waals surface area contributed by atoms with Crippen molar-refractivity contribution in [3.05, 3.63) is 118 Å². The lowest BCUT2D eigenvalue weighted by atomic mass is 9.96. The SMILES string of the molecule is SCc1ccc(-c2ccc3ccc(-c4ccc(-c5ccc(I)cc5)cc4)cc3c2)cc1. The van der Waals surface area contributed by atoms with E-state index in [1.807, 2.05) is 0 Å². The van der Waals surface area contributed by atoms with Gasteiger partial charge in [-0.05, 0) is 96.6 Å². The summed E-state index contributed by atoms with van der Waals surface area (Å²) in [7, 11) is 0. The Labute approximate surface area is 202 Å². The van der Waals surface area contributed by atoms with E-state index in [0.717, 1.165) is 5.75 Å². The topological polar surface area (TPSA) is 0 Å². The van der Waals surface area contributed by atoms with Gasteiger partial charge in [0.2, 0.25) is 0 Å². The molecule has 0 amide bonds. The molecule has 0 saturated carbocycles. The highest BCUT2D eigenvalue weighted by atomic mass is 127. The van der Waals surface area contributed by atoms with Gasteiger partial charge in [0.1, 0.15) is 0 Å². The van der Waals surface area contributed by atoms with Crippen LogP contribution < -0.4 is 0 Å². The second kappa shape index (κ2) is 8.89. The van der Waals surface area contributed by atoms with Crippen molar-refractivity contribution in [3.63, 3.8) is 0 Å². The third kappa shape index (κ3) is 4.41. The van der Waals surface area contributed by atoms with Crippen molar-refractivity contribution < 1.29 is 0 Å². The lowest BCUT2D eigenvalue weighted by molar-refractivity contribution is 1.43. The van der Waals surface area contributed by atoms with Crippen molar-refractivity contribution in [2.24, 2.45) is 0 Å². The van der Waals surface area contributed by atoms with Gasteiger partial charge in [0, 0.05) is 9.32 Å². The number of hydrogen-bond acceptors (Lipinski definition) is 1. The quantitative estimate of drug-likeness (QED) is 0.175. The van der Waals surface area contributed by atoms with Gasteiger partial charge in [0.05, 0.1) is 0 Å². The van der Waals surface area contributed by atoms with E-state index in [-0.39, 0.29) is 0 Å². The first-order chi connectivity index (χ1) is 15.2. The molecule has 0 aliphatic heterocycles. The summed E-state index contributed by atoms with van der Waals surface area (Å²) in [4.78, 5) is 0. The number of rotatable bonds is 4. The van der Waals surface area contributed by atoms with E-state index < -0.39 is 0 Å². The molecular weight excluding hydrogens is 507 g/mol. The molecule has 0 unspecified atom stereocenters. The standard InChI is InChI=1S/C29H21IS/c30-29-15-13-22(14-16-29)21-5-7-24(8-6-21)27-12-10-25-9-11-26(17-28(25)18-27)23-3-1-20(19-31)2-4-23/h1-18,31H,19H2. The van der Waals surface area contributed by atoms with Crippen molar-refractivity contribution in [1.82, 2.24) is 0 Å². The Balaban J connectivity index is 1.47. The Hall–Kier alpha value is -2.56. The first-order valence-electron chi connectivity index (χ1n) is 10.3. The molecule has 0 atom stereocenters. The smallest absolute Gasteiger partial charge is 0.0154 e. The summed E-state index contributed by atoms with van der Waals surface area (Å²) in [5.41, 5.74) is 8.68. The Kier molecular flexibility index (Phi) is 5.84. The molecule has 0 saturated heterocycles. The molecule has 0 aliphatic carbocycles. The van der Waals surface area contributed by atoms with Gasteiger partial charge >= 0.3 is 0 Å². The zero-order chi connectivity index (χ0) is 21.2. The normalized spacial score (nSPS) is 11.0. The van der Waals surface area contributed by atoms with E-state index in [9.17, 15) is 0 Å². The minimum Gasteiger partial charge on any atom is -0.175 e. The third-order valence-electron chi connectivity index (χ3n) is 5.71. The number of benzene rings is 5. The van der Waals surface area contributed by atoms with Crippen LogP contribution in [0.15, 0.2) is 109 Å². The summed E-state index contributed by atoms with van der Waals surface area (Å²) in [6.07, 6.45) is 0. The monoisotopic (exact) mass is 528 g/mol. The second-order valence-corrected chi connectivity index (χ2v) is 9.28. The molecule has 0 heterocycles. The van der Waals surface area contributed by atoms with Crippen LogP contribution in [-0.2, 0) is 5.75 Å². The molecule has 150 valence electrons. The Morgan fingerprint density at radius 1 is 0.452 bits per heavy atom.